The molecule has 0 saturated heterocycles. The van der Waals surface area contributed by atoms with Crippen LogP contribution in [0, 0.1) is 0 Å². The van der Waals surface area contributed by atoms with E-state index in [-0.39, 0.29) is 0 Å². The second-order valence-corrected chi connectivity index (χ2v) is 4.47. The molecule has 15 heavy (non-hydrogen) atoms. The van der Waals surface area contributed by atoms with Crippen molar-refractivity contribution in [1.29, 1.82) is 0 Å². The summed E-state index contributed by atoms with van der Waals surface area (Å²) in [7, 11) is 1.91. The summed E-state index contributed by atoms with van der Waals surface area (Å²) in [5.74, 6) is 0. The van der Waals surface area contributed by atoms with Gasteiger partial charge in [0.2, 0.25) is 0 Å². The van der Waals surface area contributed by atoms with Crippen molar-refractivity contribution in [2.24, 2.45) is 12.8 Å². The molecule has 1 rings (SSSR count). The summed E-state index contributed by atoms with van der Waals surface area (Å²) in [6, 6.07) is 2.42. The third-order valence-corrected chi connectivity index (χ3v) is 2.35. The minimum Gasteiger partial charge on any atom is -0.392 e. The second kappa shape index (κ2) is 5.23. The van der Waals surface area contributed by atoms with Gasteiger partial charge in [0.05, 0.1) is 10.7 Å². The Balaban J connectivity index is 2.62. The Bertz CT molecular complexity index is 332. The normalized spacial score (nSPS) is 11.3. The third-order valence-electron chi connectivity index (χ3n) is 2.22. The summed E-state index contributed by atoms with van der Waals surface area (Å²) in [6.07, 6.45) is 1.94. The Kier molecular flexibility index (Phi) is 4.23. The lowest BCUT2D eigenvalue weighted by Crippen LogP contribution is -2.37. The molecule has 0 saturated carbocycles. The van der Waals surface area contributed by atoms with Crippen LogP contribution < -0.4 is 5.73 Å². The van der Waals surface area contributed by atoms with Gasteiger partial charge in [-0.2, -0.15) is 5.10 Å². The van der Waals surface area contributed by atoms with Crippen LogP contribution in [0.25, 0.3) is 0 Å². The molecular weight excluding hydrogens is 208 g/mol. The molecule has 0 unspecified atom stereocenters. The van der Waals surface area contributed by atoms with Crippen molar-refractivity contribution in [1.82, 2.24) is 14.7 Å². The van der Waals surface area contributed by atoms with Gasteiger partial charge in [0.15, 0.2) is 0 Å². The van der Waals surface area contributed by atoms with E-state index in [1.54, 1.807) is 4.68 Å². The number of hydrogen-bond acceptors (Lipinski definition) is 3. The highest BCUT2D eigenvalue weighted by atomic mass is 32.1. The van der Waals surface area contributed by atoms with Crippen LogP contribution in [0.1, 0.15) is 19.5 Å². The third kappa shape index (κ3) is 3.97. The molecule has 0 fully saturated rings. The van der Waals surface area contributed by atoms with Gasteiger partial charge in [0.1, 0.15) is 0 Å². The molecule has 0 spiro atoms. The molecule has 4 nitrogen and oxygen atoms in total. The highest BCUT2D eigenvalue weighted by Crippen LogP contribution is 2.05. The fourth-order valence-electron chi connectivity index (χ4n) is 1.38. The molecule has 0 amide bonds. The number of thiocarbonyl (C=S) groups is 1. The predicted molar refractivity (Wildman–Crippen MR) is 65.5 cm³/mol. The highest BCUT2D eigenvalue weighted by molar-refractivity contribution is 7.80. The Morgan fingerprint density at radius 3 is 2.73 bits per heavy atom. The van der Waals surface area contributed by atoms with Gasteiger partial charge in [-0.25, -0.2) is 0 Å². The lowest BCUT2D eigenvalue weighted by molar-refractivity contribution is 0.242. The maximum Gasteiger partial charge on any atom is 0.0870 e. The van der Waals surface area contributed by atoms with E-state index >= 15 is 0 Å². The molecular formula is C10H18N4S. The zero-order valence-electron chi connectivity index (χ0n) is 9.47. The molecule has 0 aliphatic rings. The monoisotopic (exact) mass is 226 g/mol. The van der Waals surface area contributed by atoms with Crippen molar-refractivity contribution in [3.8, 4) is 0 Å². The Hall–Kier alpha value is -0.940. The molecule has 1 aromatic rings. The smallest absolute Gasteiger partial charge is 0.0870 e. The lowest BCUT2D eigenvalue weighted by Gasteiger charge is -2.24. The SMILES string of the molecule is CC(C)N(CC(N)=S)Cc1ccn(C)n1. The number of aromatic nitrogens is 2. The quantitative estimate of drug-likeness (QED) is 0.758. The van der Waals surface area contributed by atoms with Crippen LogP contribution in [0.4, 0.5) is 0 Å². The van der Waals surface area contributed by atoms with E-state index in [2.05, 4.69) is 23.8 Å². The van der Waals surface area contributed by atoms with Crippen molar-refractivity contribution in [2.45, 2.75) is 26.4 Å². The summed E-state index contributed by atoms with van der Waals surface area (Å²) < 4.78 is 1.80. The van der Waals surface area contributed by atoms with Crippen LogP contribution >= 0.6 is 12.2 Å². The maximum absolute atomic E-state index is 5.55. The van der Waals surface area contributed by atoms with E-state index in [0.29, 0.717) is 17.6 Å². The van der Waals surface area contributed by atoms with Crippen molar-refractivity contribution < 1.29 is 0 Å². The first-order chi connectivity index (χ1) is 6.99. The van der Waals surface area contributed by atoms with Crippen LogP contribution in [0.5, 0.6) is 0 Å². The largest absolute Gasteiger partial charge is 0.392 e. The van der Waals surface area contributed by atoms with Gasteiger partial charge in [-0.3, -0.25) is 9.58 Å². The van der Waals surface area contributed by atoms with Crippen LogP contribution in [0.2, 0.25) is 0 Å². The van der Waals surface area contributed by atoms with Crippen LogP contribution in [0.15, 0.2) is 12.3 Å². The zero-order chi connectivity index (χ0) is 11.4. The zero-order valence-corrected chi connectivity index (χ0v) is 10.3. The molecule has 1 heterocycles. The molecule has 2 N–H and O–H groups in total. The van der Waals surface area contributed by atoms with Gasteiger partial charge < -0.3 is 5.73 Å². The first-order valence-corrected chi connectivity index (χ1v) is 5.40. The van der Waals surface area contributed by atoms with Crippen LogP contribution in [-0.4, -0.2) is 32.3 Å². The van der Waals surface area contributed by atoms with Crippen LogP contribution in [0.3, 0.4) is 0 Å². The Labute approximate surface area is 96.1 Å². The van der Waals surface area contributed by atoms with Gasteiger partial charge >= 0.3 is 0 Å². The van der Waals surface area contributed by atoms with E-state index in [1.807, 2.05) is 19.3 Å². The molecule has 0 bridgehead atoms. The van der Waals surface area contributed by atoms with Gasteiger partial charge in [-0.1, -0.05) is 12.2 Å². The summed E-state index contributed by atoms with van der Waals surface area (Å²) in [6.45, 7) is 5.68. The number of rotatable bonds is 5. The van der Waals surface area contributed by atoms with Gasteiger partial charge in [-0.15, -0.1) is 0 Å². The van der Waals surface area contributed by atoms with E-state index in [9.17, 15) is 0 Å². The molecule has 0 radical (unpaired) electrons. The summed E-state index contributed by atoms with van der Waals surface area (Å²) in [4.78, 5) is 2.73. The fourth-order valence-corrected chi connectivity index (χ4v) is 1.54. The molecule has 0 aliphatic heterocycles. The van der Waals surface area contributed by atoms with Gasteiger partial charge in [-0.05, 0) is 19.9 Å². The maximum atomic E-state index is 5.55. The molecule has 0 atom stereocenters. The Morgan fingerprint density at radius 1 is 1.67 bits per heavy atom. The van der Waals surface area contributed by atoms with E-state index in [4.69, 9.17) is 18.0 Å². The fraction of sp³-hybridized carbons (Fsp3) is 0.600. The van der Waals surface area contributed by atoms with E-state index in [0.717, 1.165) is 12.2 Å². The number of nitrogens with zero attached hydrogens (tertiary/aromatic N) is 3. The number of aryl methyl sites for hydroxylation is 1. The second-order valence-electron chi connectivity index (χ2n) is 3.95. The summed E-state index contributed by atoms with van der Waals surface area (Å²) >= 11 is 4.92. The number of nitrogens with two attached hydrogens (primary N) is 1. The first-order valence-electron chi connectivity index (χ1n) is 5.00. The average molecular weight is 226 g/mol. The Morgan fingerprint density at radius 2 is 2.33 bits per heavy atom. The summed E-state index contributed by atoms with van der Waals surface area (Å²) in [5, 5.41) is 4.33. The van der Waals surface area contributed by atoms with E-state index < -0.39 is 0 Å². The van der Waals surface area contributed by atoms with Crippen molar-refractivity contribution >= 4 is 17.2 Å². The van der Waals surface area contributed by atoms with Crippen molar-refractivity contribution in [3.05, 3.63) is 18.0 Å². The van der Waals surface area contributed by atoms with Gasteiger partial charge in [0, 0.05) is 32.4 Å². The molecule has 0 aliphatic carbocycles. The molecule has 0 aromatic carbocycles. The lowest BCUT2D eigenvalue weighted by atomic mass is 10.3. The minimum absolute atomic E-state index is 0.411. The highest BCUT2D eigenvalue weighted by Gasteiger charge is 2.12. The van der Waals surface area contributed by atoms with Gasteiger partial charge in [0.25, 0.3) is 0 Å². The predicted octanol–water partition coefficient (Wildman–Crippen LogP) is 0.917. The minimum atomic E-state index is 0.411. The van der Waals surface area contributed by atoms with E-state index in [1.165, 1.54) is 0 Å². The van der Waals surface area contributed by atoms with Crippen molar-refractivity contribution in [3.63, 3.8) is 0 Å². The molecule has 1 aromatic heterocycles. The molecule has 84 valence electrons. The van der Waals surface area contributed by atoms with Crippen LogP contribution in [-0.2, 0) is 13.6 Å². The first kappa shape index (κ1) is 12.1. The number of hydrogen-bond donors (Lipinski definition) is 1. The topological polar surface area (TPSA) is 47.1 Å². The summed E-state index contributed by atoms with van der Waals surface area (Å²) in [5.41, 5.74) is 6.60. The van der Waals surface area contributed by atoms with Crippen molar-refractivity contribution in [2.75, 3.05) is 6.54 Å². The standard InChI is InChI=1S/C10H18N4S/c1-8(2)14(7-10(11)15)6-9-4-5-13(3)12-9/h4-5,8H,6-7H2,1-3H3,(H2,11,15). The average Bonchev–Trinajstić information content (AvgIpc) is 2.49. The molecule has 5 heteroatoms.